The van der Waals surface area contributed by atoms with Gasteiger partial charge in [0.1, 0.15) is 0 Å². The van der Waals surface area contributed by atoms with Gasteiger partial charge in [-0.25, -0.2) is 0 Å². The second-order valence-corrected chi connectivity index (χ2v) is 6.39. The zero-order valence-electron chi connectivity index (χ0n) is 11.6. The molecule has 0 amide bonds. The van der Waals surface area contributed by atoms with Gasteiger partial charge in [0.05, 0.1) is 0 Å². The first-order chi connectivity index (χ1) is 8.69. The van der Waals surface area contributed by atoms with Crippen LogP contribution in [-0.4, -0.2) is 22.8 Å². The molecule has 1 aliphatic carbocycles. The number of hydrogen-bond acceptors (Lipinski definition) is 1. The van der Waals surface area contributed by atoms with Crippen molar-refractivity contribution in [2.75, 3.05) is 11.9 Å². The van der Waals surface area contributed by atoms with Gasteiger partial charge in [-0.05, 0) is 45.2 Å². The standard InChI is InChI=1S/C16H24BrN/c1-13-9-14(2)11-15(10-13)12-18(8-4-7-17)16-5-3-6-16/h9-11,16H,3-8,12H2,1-2H3. The topological polar surface area (TPSA) is 3.24 Å². The van der Waals surface area contributed by atoms with Crippen molar-refractivity contribution in [2.45, 2.75) is 52.1 Å². The van der Waals surface area contributed by atoms with Crippen molar-refractivity contribution in [3.8, 4) is 0 Å². The fourth-order valence-corrected chi connectivity index (χ4v) is 3.05. The summed E-state index contributed by atoms with van der Waals surface area (Å²) in [6.45, 7) is 6.74. The minimum atomic E-state index is 0.838. The molecule has 2 heteroatoms. The minimum absolute atomic E-state index is 0.838. The number of aryl methyl sites for hydroxylation is 2. The highest BCUT2D eigenvalue weighted by Gasteiger charge is 2.24. The van der Waals surface area contributed by atoms with Crippen LogP contribution in [-0.2, 0) is 6.54 Å². The number of halogens is 1. The minimum Gasteiger partial charge on any atom is -0.296 e. The molecule has 0 unspecified atom stereocenters. The molecule has 0 N–H and O–H groups in total. The van der Waals surface area contributed by atoms with Gasteiger partial charge in [0, 0.05) is 17.9 Å². The smallest absolute Gasteiger partial charge is 0.0236 e. The quantitative estimate of drug-likeness (QED) is 0.702. The highest BCUT2D eigenvalue weighted by Crippen LogP contribution is 2.26. The van der Waals surface area contributed by atoms with Crippen molar-refractivity contribution in [3.05, 3.63) is 34.9 Å². The van der Waals surface area contributed by atoms with Gasteiger partial charge >= 0.3 is 0 Å². The van der Waals surface area contributed by atoms with Crippen LogP contribution in [0.25, 0.3) is 0 Å². The van der Waals surface area contributed by atoms with Crippen LogP contribution in [0.1, 0.15) is 42.4 Å². The van der Waals surface area contributed by atoms with E-state index in [4.69, 9.17) is 0 Å². The summed E-state index contributed by atoms with van der Waals surface area (Å²) in [5.41, 5.74) is 4.26. The van der Waals surface area contributed by atoms with Crippen LogP contribution >= 0.6 is 15.9 Å². The molecule has 1 aromatic carbocycles. The molecule has 0 aliphatic heterocycles. The van der Waals surface area contributed by atoms with Gasteiger partial charge in [0.2, 0.25) is 0 Å². The molecule has 1 nitrogen and oxygen atoms in total. The Morgan fingerprint density at radius 3 is 2.33 bits per heavy atom. The lowest BCUT2D eigenvalue weighted by atomic mass is 9.91. The lowest BCUT2D eigenvalue weighted by Crippen LogP contribution is -2.40. The SMILES string of the molecule is Cc1cc(C)cc(CN(CCCBr)C2CCC2)c1. The average molecular weight is 310 g/mol. The fraction of sp³-hybridized carbons (Fsp3) is 0.625. The number of rotatable bonds is 6. The van der Waals surface area contributed by atoms with Crippen molar-refractivity contribution in [2.24, 2.45) is 0 Å². The summed E-state index contributed by atoms with van der Waals surface area (Å²) in [4.78, 5) is 2.68. The van der Waals surface area contributed by atoms with E-state index in [1.807, 2.05) is 0 Å². The molecule has 1 aromatic rings. The van der Waals surface area contributed by atoms with E-state index < -0.39 is 0 Å². The van der Waals surface area contributed by atoms with Crippen molar-refractivity contribution in [3.63, 3.8) is 0 Å². The third kappa shape index (κ3) is 3.83. The normalized spacial score (nSPS) is 16.0. The monoisotopic (exact) mass is 309 g/mol. The molecule has 0 saturated heterocycles. The molecule has 0 heterocycles. The van der Waals surface area contributed by atoms with E-state index in [9.17, 15) is 0 Å². The van der Waals surface area contributed by atoms with Crippen molar-refractivity contribution in [1.29, 1.82) is 0 Å². The van der Waals surface area contributed by atoms with E-state index in [1.54, 1.807) is 0 Å². The second kappa shape index (κ2) is 6.72. The van der Waals surface area contributed by atoms with Crippen molar-refractivity contribution in [1.82, 2.24) is 4.90 Å². The maximum absolute atomic E-state index is 3.55. The molecule has 1 aliphatic rings. The van der Waals surface area contributed by atoms with E-state index >= 15 is 0 Å². The van der Waals surface area contributed by atoms with Gasteiger partial charge in [-0.3, -0.25) is 4.90 Å². The highest BCUT2D eigenvalue weighted by atomic mass is 79.9. The Morgan fingerprint density at radius 2 is 1.83 bits per heavy atom. The molecule has 0 bridgehead atoms. The van der Waals surface area contributed by atoms with Gasteiger partial charge in [-0.1, -0.05) is 51.7 Å². The predicted molar refractivity (Wildman–Crippen MR) is 82.4 cm³/mol. The van der Waals surface area contributed by atoms with Gasteiger partial charge < -0.3 is 0 Å². The average Bonchev–Trinajstić information content (AvgIpc) is 2.21. The number of alkyl halides is 1. The van der Waals surface area contributed by atoms with Crippen molar-refractivity contribution >= 4 is 15.9 Å². The molecular formula is C16H24BrN. The Labute approximate surface area is 120 Å². The molecule has 0 spiro atoms. The summed E-state index contributed by atoms with van der Waals surface area (Å²) in [6, 6.07) is 7.78. The zero-order valence-corrected chi connectivity index (χ0v) is 13.2. The second-order valence-electron chi connectivity index (χ2n) is 5.59. The lowest BCUT2D eigenvalue weighted by Gasteiger charge is -2.37. The molecule has 0 aromatic heterocycles. The van der Waals surface area contributed by atoms with Crippen LogP contribution in [0.2, 0.25) is 0 Å². The number of nitrogens with zero attached hydrogens (tertiary/aromatic N) is 1. The lowest BCUT2D eigenvalue weighted by molar-refractivity contribution is 0.120. The molecule has 0 radical (unpaired) electrons. The number of hydrogen-bond donors (Lipinski definition) is 0. The van der Waals surface area contributed by atoms with Gasteiger partial charge in [-0.15, -0.1) is 0 Å². The molecular weight excluding hydrogens is 286 g/mol. The molecule has 0 atom stereocenters. The van der Waals surface area contributed by atoms with E-state index in [2.05, 4.69) is 52.9 Å². The first-order valence-electron chi connectivity index (χ1n) is 7.06. The summed E-state index contributed by atoms with van der Waals surface area (Å²) >= 11 is 3.55. The maximum atomic E-state index is 3.55. The Kier molecular flexibility index (Phi) is 5.25. The van der Waals surface area contributed by atoms with Crippen LogP contribution in [0.3, 0.4) is 0 Å². The maximum Gasteiger partial charge on any atom is 0.0236 e. The van der Waals surface area contributed by atoms with E-state index in [0.717, 1.165) is 17.9 Å². The van der Waals surface area contributed by atoms with Crippen LogP contribution in [0, 0.1) is 13.8 Å². The molecule has 1 fully saturated rings. The Bertz CT molecular complexity index is 364. The van der Waals surface area contributed by atoms with E-state index in [-0.39, 0.29) is 0 Å². The Hall–Kier alpha value is -0.340. The zero-order chi connectivity index (χ0) is 13.0. The summed E-state index contributed by atoms with van der Waals surface area (Å²) in [6.07, 6.45) is 5.46. The highest BCUT2D eigenvalue weighted by molar-refractivity contribution is 9.09. The molecule has 2 rings (SSSR count). The van der Waals surface area contributed by atoms with Crippen LogP contribution in [0.15, 0.2) is 18.2 Å². The van der Waals surface area contributed by atoms with Crippen LogP contribution in [0.4, 0.5) is 0 Å². The third-order valence-electron chi connectivity index (χ3n) is 3.84. The van der Waals surface area contributed by atoms with Gasteiger partial charge in [0.25, 0.3) is 0 Å². The third-order valence-corrected chi connectivity index (χ3v) is 4.40. The summed E-state index contributed by atoms with van der Waals surface area (Å²) in [7, 11) is 0. The van der Waals surface area contributed by atoms with Crippen molar-refractivity contribution < 1.29 is 0 Å². The predicted octanol–water partition coefficient (Wildman–Crippen LogP) is 4.44. The Balaban J connectivity index is 2.02. The van der Waals surface area contributed by atoms with E-state index in [0.29, 0.717) is 0 Å². The summed E-state index contributed by atoms with van der Waals surface area (Å²) in [5.74, 6) is 0. The summed E-state index contributed by atoms with van der Waals surface area (Å²) in [5, 5.41) is 1.11. The van der Waals surface area contributed by atoms with Gasteiger partial charge in [0.15, 0.2) is 0 Å². The number of benzene rings is 1. The molecule has 100 valence electrons. The Morgan fingerprint density at radius 1 is 1.17 bits per heavy atom. The van der Waals surface area contributed by atoms with Crippen LogP contribution < -0.4 is 0 Å². The van der Waals surface area contributed by atoms with E-state index in [1.165, 1.54) is 48.9 Å². The molecule has 1 saturated carbocycles. The molecule has 18 heavy (non-hydrogen) atoms. The first kappa shape index (κ1) is 14.1. The summed E-state index contributed by atoms with van der Waals surface area (Å²) < 4.78 is 0. The largest absolute Gasteiger partial charge is 0.296 e. The van der Waals surface area contributed by atoms with Crippen LogP contribution in [0.5, 0.6) is 0 Å². The van der Waals surface area contributed by atoms with Gasteiger partial charge in [-0.2, -0.15) is 0 Å². The first-order valence-corrected chi connectivity index (χ1v) is 8.18. The fourth-order valence-electron chi connectivity index (χ4n) is 2.80.